The predicted octanol–water partition coefficient (Wildman–Crippen LogP) is 2.40. The fourth-order valence-electron chi connectivity index (χ4n) is 3.68. The molecule has 0 heterocycles. The highest BCUT2D eigenvalue weighted by Gasteiger charge is 2.69. The summed E-state index contributed by atoms with van der Waals surface area (Å²) in [6, 6.07) is 0. The molecule has 4 rings (SSSR count). The molecule has 0 saturated heterocycles. The van der Waals surface area contributed by atoms with Crippen LogP contribution < -0.4 is 0 Å². The normalized spacial score (nSPS) is 45.7. The molecule has 2 bridgehead atoms. The highest BCUT2D eigenvalue weighted by molar-refractivity contribution is 5.90. The number of Topliss-reactive ketones (excluding diaryl/α,β-unsaturated/α-hetero) is 1. The zero-order valence-electron chi connectivity index (χ0n) is 7.89. The fraction of sp³-hybridized carbons (Fsp3) is 0.909. The highest BCUT2D eigenvalue weighted by atomic mass is 16.1. The molecule has 1 spiro atoms. The molecule has 0 unspecified atom stereocenters. The van der Waals surface area contributed by atoms with E-state index in [9.17, 15) is 4.79 Å². The van der Waals surface area contributed by atoms with Crippen molar-refractivity contribution in [3.8, 4) is 0 Å². The Morgan fingerprint density at radius 1 is 1.33 bits per heavy atom. The van der Waals surface area contributed by atoms with Gasteiger partial charge < -0.3 is 0 Å². The lowest BCUT2D eigenvalue weighted by Gasteiger charge is -2.60. The Kier molecular flexibility index (Phi) is 0.971. The van der Waals surface area contributed by atoms with Crippen LogP contribution in [0.5, 0.6) is 0 Å². The SMILES string of the molecule is CC1(C)[C@H]2CC(=O)C3(CC3)[C@@H]1C2. The quantitative estimate of drug-likeness (QED) is 0.537. The van der Waals surface area contributed by atoms with Crippen LogP contribution in [0.1, 0.15) is 39.5 Å². The first-order valence-electron chi connectivity index (χ1n) is 5.11. The van der Waals surface area contributed by atoms with Crippen LogP contribution in [0.15, 0.2) is 0 Å². The third-order valence-electron chi connectivity index (χ3n) is 4.91. The van der Waals surface area contributed by atoms with Crippen LogP contribution in [-0.4, -0.2) is 5.78 Å². The number of carbonyl (C=O) groups is 1. The summed E-state index contributed by atoms with van der Waals surface area (Å²) in [5, 5.41) is 0. The average molecular weight is 164 g/mol. The first-order chi connectivity index (χ1) is 5.57. The standard InChI is InChI=1S/C11H16O/c1-10(2)7-5-8(10)11(3-4-11)9(12)6-7/h7-8H,3-6H2,1-2H3/t7-,8-/m1/s1. The lowest BCUT2D eigenvalue weighted by molar-refractivity contribution is -0.159. The largest absolute Gasteiger partial charge is 0.299 e. The topological polar surface area (TPSA) is 17.1 Å². The van der Waals surface area contributed by atoms with Crippen molar-refractivity contribution in [2.75, 3.05) is 0 Å². The molecule has 0 N–H and O–H groups in total. The summed E-state index contributed by atoms with van der Waals surface area (Å²) in [5.41, 5.74) is 0.697. The monoisotopic (exact) mass is 164 g/mol. The maximum absolute atomic E-state index is 11.7. The predicted molar refractivity (Wildman–Crippen MR) is 46.7 cm³/mol. The summed E-state index contributed by atoms with van der Waals surface area (Å²) in [7, 11) is 0. The number of carbonyl (C=O) groups excluding carboxylic acids is 1. The summed E-state index contributed by atoms with van der Waals surface area (Å²) in [6.45, 7) is 4.72. The molecule has 1 nitrogen and oxygen atoms in total. The van der Waals surface area contributed by atoms with Crippen LogP contribution in [0.4, 0.5) is 0 Å². The van der Waals surface area contributed by atoms with E-state index in [2.05, 4.69) is 13.8 Å². The van der Waals surface area contributed by atoms with Crippen molar-refractivity contribution in [1.82, 2.24) is 0 Å². The molecule has 4 fully saturated rings. The second kappa shape index (κ2) is 1.64. The van der Waals surface area contributed by atoms with Crippen molar-refractivity contribution >= 4 is 5.78 Å². The number of fused-ring (bicyclic) bond motifs is 1. The maximum Gasteiger partial charge on any atom is 0.139 e. The molecule has 0 amide bonds. The molecule has 4 saturated carbocycles. The molecule has 0 aromatic carbocycles. The molecule has 66 valence electrons. The minimum atomic E-state index is 0.207. The lowest BCUT2D eigenvalue weighted by atomic mass is 9.44. The van der Waals surface area contributed by atoms with E-state index in [-0.39, 0.29) is 5.41 Å². The molecule has 4 aliphatic carbocycles. The number of rotatable bonds is 0. The Morgan fingerprint density at radius 2 is 2.00 bits per heavy atom. The molecule has 2 atom stereocenters. The Hall–Kier alpha value is -0.330. The van der Waals surface area contributed by atoms with E-state index in [1.54, 1.807) is 0 Å². The van der Waals surface area contributed by atoms with Crippen LogP contribution in [0.2, 0.25) is 0 Å². The smallest absolute Gasteiger partial charge is 0.139 e. The highest BCUT2D eigenvalue weighted by Crippen LogP contribution is 2.72. The summed E-state index contributed by atoms with van der Waals surface area (Å²) in [5.74, 6) is 2.07. The maximum atomic E-state index is 11.7. The van der Waals surface area contributed by atoms with Gasteiger partial charge in [0.1, 0.15) is 5.78 Å². The summed E-state index contributed by atoms with van der Waals surface area (Å²) >= 11 is 0. The van der Waals surface area contributed by atoms with Crippen LogP contribution in [-0.2, 0) is 4.79 Å². The van der Waals surface area contributed by atoms with Gasteiger partial charge in [-0.15, -0.1) is 0 Å². The molecule has 0 radical (unpaired) electrons. The summed E-state index contributed by atoms with van der Waals surface area (Å²) < 4.78 is 0. The van der Waals surface area contributed by atoms with Crippen LogP contribution in [0, 0.1) is 22.7 Å². The van der Waals surface area contributed by atoms with Gasteiger partial charge in [0.05, 0.1) is 0 Å². The molecule has 0 aromatic heterocycles. The molecule has 1 heteroatoms. The summed E-state index contributed by atoms with van der Waals surface area (Å²) in [6.07, 6.45) is 4.64. The first-order valence-corrected chi connectivity index (χ1v) is 5.11. The zero-order chi connectivity index (χ0) is 8.56. The van der Waals surface area contributed by atoms with Crippen LogP contribution >= 0.6 is 0 Å². The van der Waals surface area contributed by atoms with E-state index in [1.165, 1.54) is 19.3 Å². The van der Waals surface area contributed by atoms with Crippen molar-refractivity contribution in [3.63, 3.8) is 0 Å². The first kappa shape index (κ1) is 7.11. The van der Waals surface area contributed by atoms with Crippen LogP contribution in [0.3, 0.4) is 0 Å². The van der Waals surface area contributed by atoms with E-state index >= 15 is 0 Å². The van der Waals surface area contributed by atoms with Crippen molar-refractivity contribution in [2.45, 2.75) is 39.5 Å². The van der Waals surface area contributed by atoms with Gasteiger partial charge in [-0.2, -0.15) is 0 Å². The van der Waals surface area contributed by atoms with E-state index in [4.69, 9.17) is 0 Å². The van der Waals surface area contributed by atoms with E-state index < -0.39 is 0 Å². The van der Waals surface area contributed by atoms with Crippen molar-refractivity contribution in [1.29, 1.82) is 0 Å². The van der Waals surface area contributed by atoms with Crippen molar-refractivity contribution < 1.29 is 4.79 Å². The molecule has 0 aliphatic heterocycles. The summed E-state index contributed by atoms with van der Waals surface area (Å²) in [4.78, 5) is 11.7. The number of ketones is 1. The van der Waals surface area contributed by atoms with E-state index in [0.717, 1.165) is 18.3 Å². The molecular formula is C11H16O. The van der Waals surface area contributed by atoms with Gasteiger partial charge in [-0.25, -0.2) is 0 Å². The van der Waals surface area contributed by atoms with Gasteiger partial charge in [0, 0.05) is 11.8 Å². The van der Waals surface area contributed by atoms with Crippen LogP contribution in [0.25, 0.3) is 0 Å². The van der Waals surface area contributed by atoms with Gasteiger partial charge in [0.15, 0.2) is 0 Å². The lowest BCUT2D eigenvalue weighted by Crippen LogP contribution is -2.57. The third-order valence-corrected chi connectivity index (χ3v) is 4.91. The third kappa shape index (κ3) is 0.541. The van der Waals surface area contributed by atoms with Gasteiger partial charge in [0.25, 0.3) is 0 Å². The number of hydrogen-bond acceptors (Lipinski definition) is 1. The van der Waals surface area contributed by atoms with Gasteiger partial charge >= 0.3 is 0 Å². The fourth-order valence-corrected chi connectivity index (χ4v) is 3.68. The van der Waals surface area contributed by atoms with E-state index in [1.807, 2.05) is 0 Å². The Labute approximate surface area is 73.5 Å². The van der Waals surface area contributed by atoms with Gasteiger partial charge in [-0.3, -0.25) is 4.79 Å². The van der Waals surface area contributed by atoms with Crippen molar-refractivity contribution in [2.24, 2.45) is 22.7 Å². The van der Waals surface area contributed by atoms with Gasteiger partial charge in [0.2, 0.25) is 0 Å². The number of hydrogen-bond donors (Lipinski definition) is 0. The Morgan fingerprint density at radius 3 is 2.42 bits per heavy atom. The minimum absolute atomic E-state index is 0.207. The molecular weight excluding hydrogens is 148 g/mol. The minimum Gasteiger partial charge on any atom is -0.299 e. The molecule has 0 aromatic rings. The molecule has 4 aliphatic rings. The van der Waals surface area contributed by atoms with E-state index in [0.29, 0.717) is 11.2 Å². The van der Waals surface area contributed by atoms with Gasteiger partial charge in [-0.1, -0.05) is 13.8 Å². The Bertz CT molecular complexity index is 260. The van der Waals surface area contributed by atoms with Gasteiger partial charge in [-0.05, 0) is 36.5 Å². The van der Waals surface area contributed by atoms with Crippen molar-refractivity contribution in [3.05, 3.63) is 0 Å². The average Bonchev–Trinajstić information content (AvgIpc) is 2.76. The zero-order valence-corrected chi connectivity index (χ0v) is 7.89. The second-order valence-electron chi connectivity index (χ2n) is 5.59. The second-order valence-corrected chi connectivity index (χ2v) is 5.59. The molecule has 12 heavy (non-hydrogen) atoms. The Balaban J connectivity index is 2.00.